The Morgan fingerprint density at radius 3 is 2.38 bits per heavy atom. The van der Waals surface area contributed by atoms with Gasteiger partial charge in [0.05, 0.1) is 30.2 Å². The van der Waals surface area contributed by atoms with Crippen LogP contribution in [0, 0.1) is 0 Å². The molecular formula is C21H28N3O4S+. The number of anilines is 1. The van der Waals surface area contributed by atoms with E-state index < -0.39 is 5.91 Å². The Bertz CT molecular complexity index is 979. The summed E-state index contributed by atoms with van der Waals surface area (Å²) in [6.07, 6.45) is 0.701. The summed E-state index contributed by atoms with van der Waals surface area (Å²) in [6, 6.07) is 4.92. The van der Waals surface area contributed by atoms with Crippen LogP contribution in [0.15, 0.2) is 18.2 Å². The summed E-state index contributed by atoms with van der Waals surface area (Å²) < 4.78 is 10.5. The lowest BCUT2D eigenvalue weighted by Gasteiger charge is -2.38. The second kappa shape index (κ2) is 7.35. The Morgan fingerprint density at radius 1 is 1.14 bits per heavy atom. The summed E-state index contributed by atoms with van der Waals surface area (Å²) in [5.41, 5.74) is 7.17. The fraction of sp³-hybridized carbons (Fsp3) is 0.429. The zero-order valence-electron chi connectivity index (χ0n) is 17.6. The molecule has 1 aliphatic rings. The minimum absolute atomic E-state index is 0.0770. The molecule has 29 heavy (non-hydrogen) atoms. The zero-order chi connectivity index (χ0) is 21.6. The van der Waals surface area contributed by atoms with E-state index in [-0.39, 0.29) is 17.0 Å². The van der Waals surface area contributed by atoms with Crippen molar-refractivity contribution in [1.29, 1.82) is 0 Å². The number of methoxy groups -OCH3 is 2. The highest BCUT2D eigenvalue weighted by atomic mass is 32.1. The second-order valence-electron chi connectivity index (χ2n) is 8.53. The van der Waals surface area contributed by atoms with Crippen LogP contribution in [0.2, 0.25) is 0 Å². The minimum Gasteiger partial charge on any atom is -0.493 e. The quantitative estimate of drug-likeness (QED) is 0.692. The van der Waals surface area contributed by atoms with Crippen LogP contribution < -0.4 is 25.8 Å². The molecule has 0 aliphatic carbocycles. The summed E-state index contributed by atoms with van der Waals surface area (Å²) in [4.78, 5) is 26.3. The van der Waals surface area contributed by atoms with Gasteiger partial charge in [-0.2, -0.15) is 0 Å². The number of fused-ring (bicyclic) bond motifs is 1. The number of hydrogen-bond acceptors (Lipinski definition) is 5. The third kappa shape index (κ3) is 3.95. The Morgan fingerprint density at radius 2 is 1.79 bits per heavy atom. The van der Waals surface area contributed by atoms with Crippen molar-refractivity contribution < 1.29 is 24.4 Å². The predicted molar refractivity (Wildman–Crippen MR) is 113 cm³/mol. The molecule has 8 heteroatoms. The maximum absolute atomic E-state index is 12.9. The molecule has 0 fully saturated rings. The van der Waals surface area contributed by atoms with Crippen molar-refractivity contribution in [3.05, 3.63) is 39.8 Å². The van der Waals surface area contributed by atoms with Gasteiger partial charge in [-0.3, -0.25) is 9.59 Å². The molecule has 1 aromatic heterocycles. The maximum atomic E-state index is 12.9. The number of benzene rings is 1. The summed E-state index contributed by atoms with van der Waals surface area (Å²) in [5.74, 6) is 0.123. The molecule has 5 N–H and O–H groups in total. The molecule has 2 aromatic rings. The first kappa shape index (κ1) is 21.1. The second-order valence-corrected chi connectivity index (χ2v) is 9.55. The number of carbonyl (C=O) groups excluding carboxylic acids is 2. The third-order valence-corrected chi connectivity index (χ3v) is 6.58. The van der Waals surface area contributed by atoms with Crippen LogP contribution in [0.4, 0.5) is 5.00 Å². The van der Waals surface area contributed by atoms with Gasteiger partial charge in [0.2, 0.25) is 0 Å². The minimum atomic E-state index is -0.529. The van der Waals surface area contributed by atoms with E-state index in [1.54, 1.807) is 18.2 Å². The number of amides is 2. The van der Waals surface area contributed by atoms with Gasteiger partial charge in [0.25, 0.3) is 11.8 Å². The van der Waals surface area contributed by atoms with Gasteiger partial charge in [-0.15, -0.1) is 11.3 Å². The monoisotopic (exact) mass is 418 g/mol. The standard InChI is InChI=1S/C21H27N3O4S/c1-20(2)10-12-15(17(22)25)19(29-16(12)21(3,4)24-20)23-18(26)11-7-8-13(27-5)14(9-11)28-6/h7-9,24H,10H2,1-6H3,(H2,22,25)(H,23,26)/p+1. The molecular weight excluding hydrogens is 390 g/mol. The van der Waals surface area contributed by atoms with E-state index in [4.69, 9.17) is 15.2 Å². The topological polar surface area (TPSA) is 107 Å². The molecule has 0 spiro atoms. The van der Waals surface area contributed by atoms with Crippen molar-refractivity contribution in [2.75, 3.05) is 19.5 Å². The van der Waals surface area contributed by atoms with Gasteiger partial charge in [-0.25, -0.2) is 0 Å². The number of carbonyl (C=O) groups is 2. The fourth-order valence-corrected chi connectivity index (χ4v) is 5.50. The van der Waals surface area contributed by atoms with Crippen LogP contribution in [0.5, 0.6) is 11.5 Å². The van der Waals surface area contributed by atoms with Crippen LogP contribution in [-0.4, -0.2) is 31.6 Å². The van der Waals surface area contributed by atoms with Crippen molar-refractivity contribution in [2.24, 2.45) is 5.73 Å². The van der Waals surface area contributed by atoms with Crippen molar-refractivity contribution in [1.82, 2.24) is 0 Å². The van der Waals surface area contributed by atoms with Gasteiger partial charge in [0, 0.05) is 12.0 Å². The molecule has 0 unspecified atom stereocenters. The molecule has 2 amide bonds. The lowest BCUT2D eigenvalue weighted by atomic mass is 9.81. The molecule has 3 rings (SSSR count). The molecule has 2 heterocycles. The molecule has 1 aromatic carbocycles. The SMILES string of the molecule is COc1ccc(C(=O)Nc2sc3c(c2C(N)=O)CC(C)(C)[NH2+]C3(C)C)cc1OC. The lowest BCUT2D eigenvalue weighted by Crippen LogP contribution is -3.03. The Hall–Kier alpha value is -2.58. The molecule has 0 bridgehead atoms. The first-order valence-electron chi connectivity index (χ1n) is 9.35. The summed E-state index contributed by atoms with van der Waals surface area (Å²) in [6.45, 7) is 8.52. The molecule has 0 radical (unpaired) electrons. The number of ether oxygens (including phenoxy) is 2. The number of quaternary nitrogens is 1. The van der Waals surface area contributed by atoms with E-state index in [2.05, 4.69) is 38.3 Å². The highest BCUT2D eigenvalue weighted by Gasteiger charge is 2.45. The molecule has 7 nitrogen and oxygen atoms in total. The smallest absolute Gasteiger partial charge is 0.256 e. The molecule has 1 aliphatic heterocycles. The third-order valence-electron chi connectivity index (χ3n) is 5.10. The summed E-state index contributed by atoms with van der Waals surface area (Å²) in [7, 11) is 3.05. The zero-order valence-corrected chi connectivity index (χ0v) is 18.5. The van der Waals surface area contributed by atoms with Crippen molar-refractivity contribution in [2.45, 2.75) is 45.2 Å². The van der Waals surface area contributed by atoms with Gasteiger partial charge in [0.15, 0.2) is 11.5 Å². The van der Waals surface area contributed by atoms with Crippen molar-refractivity contribution >= 4 is 28.2 Å². The average Bonchev–Trinajstić information content (AvgIpc) is 2.98. The number of hydrogen-bond donors (Lipinski definition) is 3. The number of thiophene rings is 1. The van der Waals surface area contributed by atoms with Gasteiger partial charge in [-0.05, 0) is 51.5 Å². The van der Waals surface area contributed by atoms with Crippen LogP contribution in [-0.2, 0) is 12.0 Å². The van der Waals surface area contributed by atoms with Crippen LogP contribution in [0.3, 0.4) is 0 Å². The van der Waals surface area contributed by atoms with E-state index in [1.165, 1.54) is 25.6 Å². The van der Waals surface area contributed by atoms with Gasteiger partial charge in [-0.1, -0.05) is 0 Å². The fourth-order valence-electron chi connectivity index (χ4n) is 4.20. The van der Waals surface area contributed by atoms with E-state index in [0.29, 0.717) is 34.0 Å². The van der Waals surface area contributed by atoms with Crippen LogP contribution in [0.25, 0.3) is 0 Å². The average molecular weight is 419 g/mol. The number of rotatable bonds is 5. The molecule has 156 valence electrons. The normalized spacial score (nSPS) is 16.6. The van der Waals surface area contributed by atoms with Gasteiger partial charge >= 0.3 is 0 Å². The first-order chi connectivity index (χ1) is 13.5. The number of nitrogens with two attached hydrogens (primary N) is 2. The molecule has 0 saturated heterocycles. The van der Waals surface area contributed by atoms with Crippen molar-refractivity contribution in [3.8, 4) is 11.5 Å². The predicted octanol–water partition coefficient (Wildman–Crippen LogP) is 2.25. The maximum Gasteiger partial charge on any atom is 0.256 e. The van der Waals surface area contributed by atoms with Crippen molar-refractivity contribution in [3.63, 3.8) is 0 Å². The highest BCUT2D eigenvalue weighted by molar-refractivity contribution is 7.17. The van der Waals surface area contributed by atoms with E-state index in [9.17, 15) is 9.59 Å². The molecule has 0 saturated carbocycles. The largest absolute Gasteiger partial charge is 0.493 e. The lowest BCUT2D eigenvalue weighted by molar-refractivity contribution is -0.789. The van der Waals surface area contributed by atoms with Crippen LogP contribution in [0.1, 0.15) is 58.9 Å². The molecule has 0 atom stereocenters. The van der Waals surface area contributed by atoms with E-state index in [1.807, 2.05) is 0 Å². The van der Waals surface area contributed by atoms with Gasteiger partial charge in [0.1, 0.15) is 10.5 Å². The summed E-state index contributed by atoms with van der Waals surface area (Å²) >= 11 is 1.42. The number of primary amides is 1. The van der Waals surface area contributed by atoms with Crippen LogP contribution >= 0.6 is 11.3 Å². The Balaban J connectivity index is 2.01. The van der Waals surface area contributed by atoms with E-state index >= 15 is 0 Å². The first-order valence-corrected chi connectivity index (χ1v) is 10.2. The number of nitrogens with one attached hydrogen (secondary N) is 1. The Labute approximate surface area is 174 Å². The van der Waals surface area contributed by atoms with Gasteiger partial charge < -0.3 is 25.8 Å². The highest BCUT2D eigenvalue weighted by Crippen LogP contribution is 2.42. The van der Waals surface area contributed by atoms with E-state index in [0.717, 1.165) is 10.4 Å². The summed E-state index contributed by atoms with van der Waals surface area (Å²) in [5, 5.41) is 5.67. The Kier molecular flexibility index (Phi) is 5.36.